The average Bonchev–Trinajstić information content (AvgIpc) is 2.97. The SMILES string of the molecule is C=CCC(c1nc(C(=O)O)c(C(=O)NCC(C)(C)SN=O)nc1SN=O)(C12CC3CC(CC(C3)C1)C2)C12CC3CC(CC(C3)C1)C2. The van der Waals surface area contributed by atoms with Gasteiger partial charge >= 0.3 is 5.97 Å². The zero-order valence-electron chi connectivity index (χ0n) is 26.8. The van der Waals surface area contributed by atoms with Crippen molar-refractivity contribution in [2.45, 2.75) is 113 Å². The summed E-state index contributed by atoms with van der Waals surface area (Å²) < 4.78 is 5.40. The molecular weight excluding hydrogens is 623 g/mol. The Labute approximate surface area is 279 Å². The van der Waals surface area contributed by atoms with Crippen molar-refractivity contribution in [2.75, 3.05) is 6.54 Å². The number of carbonyl (C=O) groups excluding carboxylic acids is 1. The van der Waals surface area contributed by atoms with Crippen LogP contribution in [0.15, 0.2) is 26.8 Å². The Kier molecular flexibility index (Phi) is 8.17. The van der Waals surface area contributed by atoms with Crippen LogP contribution in [-0.2, 0) is 5.41 Å². The Morgan fingerprint density at radius 2 is 1.35 bits per heavy atom. The molecule has 0 radical (unpaired) electrons. The second kappa shape index (κ2) is 11.7. The van der Waals surface area contributed by atoms with E-state index in [4.69, 9.17) is 9.97 Å². The third-order valence-electron chi connectivity index (χ3n) is 13.1. The fraction of sp³-hybridized carbons (Fsp3) is 0.765. The molecule has 10 nitrogen and oxygen atoms in total. The molecule has 0 aromatic carbocycles. The van der Waals surface area contributed by atoms with Crippen LogP contribution in [0.1, 0.15) is 124 Å². The topological polar surface area (TPSA) is 151 Å². The number of aromatic carboxylic acids is 1. The highest BCUT2D eigenvalue weighted by Gasteiger charge is 2.71. The summed E-state index contributed by atoms with van der Waals surface area (Å²) in [4.78, 5) is 59.3. The minimum Gasteiger partial charge on any atom is -0.476 e. The molecule has 0 saturated heterocycles. The lowest BCUT2D eigenvalue weighted by Crippen LogP contribution is -2.67. The number of nitrogens with one attached hydrogen (secondary N) is 1. The van der Waals surface area contributed by atoms with E-state index >= 15 is 0 Å². The van der Waals surface area contributed by atoms with Gasteiger partial charge in [0.25, 0.3) is 5.91 Å². The van der Waals surface area contributed by atoms with Crippen LogP contribution >= 0.6 is 23.9 Å². The number of aromatic nitrogens is 2. The molecule has 1 aromatic rings. The van der Waals surface area contributed by atoms with E-state index in [1.54, 1.807) is 13.8 Å². The maximum atomic E-state index is 13.6. The van der Waals surface area contributed by atoms with Gasteiger partial charge < -0.3 is 10.4 Å². The summed E-state index contributed by atoms with van der Waals surface area (Å²) in [5, 5.41) is 13.6. The Balaban J connectivity index is 1.44. The molecule has 0 unspecified atom stereocenters. The summed E-state index contributed by atoms with van der Waals surface area (Å²) in [6.07, 6.45) is 16.7. The fourth-order valence-corrected chi connectivity index (χ4v) is 13.5. The molecule has 12 heteroatoms. The highest BCUT2D eigenvalue weighted by molar-refractivity contribution is 7.99. The molecule has 8 bridgehead atoms. The van der Waals surface area contributed by atoms with Gasteiger partial charge in [-0.05, 0) is 144 Å². The van der Waals surface area contributed by atoms with Crippen molar-refractivity contribution in [1.82, 2.24) is 15.3 Å². The first-order valence-corrected chi connectivity index (χ1v) is 18.6. The summed E-state index contributed by atoms with van der Waals surface area (Å²) in [6, 6.07) is 0. The summed E-state index contributed by atoms with van der Waals surface area (Å²) >= 11 is 1.47. The van der Waals surface area contributed by atoms with Gasteiger partial charge in [-0.1, -0.05) is 6.08 Å². The third-order valence-corrected chi connectivity index (χ3v) is 14.4. The first-order valence-electron chi connectivity index (χ1n) is 17.0. The standard InChI is InChI=1S/C34H45N5O5S2/c1-4-5-34(32-12-19-6-20(13-32)8-21(7-19)14-32,33-15-22-9-23(16-33)11-24(10-22)17-33)27-29(45-38-43)37-25(26(36-27)30(41)42)28(40)35-18-31(2,3)46-39-44/h4,19-24H,1,5-18H2,2-3H3,(H,35,40)(H,41,42). The third kappa shape index (κ3) is 5.06. The van der Waals surface area contributed by atoms with Crippen molar-refractivity contribution in [1.29, 1.82) is 0 Å². The zero-order valence-corrected chi connectivity index (χ0v) is 28.5. The van der Waals surface area contributed by atoms with E-state index in [0.717, 1.165) is 50.5 Å². The minimum atomic E-state index is -1.33. The van der Waals surface area contributed by atoms with E-state index in [0.29, 0.717) is 59.6 Å². The largest absolute Gasteiger partial charge is 0.476 e. The number of amides is 1. The van der Waals surface area contributed by atoms with Gasteiger partial charge in [-0.3, -0.25) is 4.79 Å². The Morgan fingerprint density at radius 3 is 1.74 bits per heavy atom. The normalized spacial score (nSPS) is 36.7. The maximum absolute atomic E-state index is 13.6. The number of carboxylic acid groups (broad SMARTS) is 1. The smallest absolute Gasteiger partial charge is 0.356 e. The van der Waals surface area contributed by atoms with Crippen LogP contribution in [0.2, 0.25) is 0 Å². The lowest BCUT2D eigenvalue weighted by Gasteiger charge is -2.72. The Bertz CT molecular complexity index is 1350. The molecule has 8 fully saturated rings. The van der Waals surface area contributed by atoms with Gasteiger partial charge in [-0.2, -0.15) is 0 Å². The predicted molar refractivity (Wildman–Crippen MR) is 178 cm³/mol. The van der Waals surface area contributed by atoms with Gasteiger partial charge in [0.2, 0.25) is 0 Å². The van der Waals surface area contributed by atoms with Crippen molar-refractivity contribution in [3.8, 4) is 0 Å². The second-order valence-corrected chi connectivity index (χ2v) is 18.6. The van der Waals surface area contributed by atoms with Crippen LogP contribution in [0.5, 0.6) is 0 Å². The minimum absolute atomic E-state index is 0.0556. The Hall–Kier alpha value is -2.34. The van der Waals surface area contributed by atoms with Gasteiger partial charge in [0.05, 0.1) is 22.4 Å². The summed E-state index contributed by atoms with van der Waals surface area (Å²) in [7, 11) is 0. The molecule has 2 N–H and O–H groups in total. The molecule has 1 amide bonds. The average molecular weight is 668 g/mol. The van der Waals surface area contributed by atoms with Crippen molar-refractivity contribution in [3.63, 3.8) is 0 Å². The first kappa shape index (κ1) is 32.2. The van der Waals surface area contributed by atoms with Crippen molar-refractivity contribution >= 4 is 35.8 Å². The molecule has 46 heavy (non-hydrogen) atoms. The predicted octanol–water partition coefficient (Wildman–Crippen LogP) is 8.12. The Morgan fingerprint density at radius 1 is 0.870 bits per heavy atom. The van der Waals surface area contributed by atoms with E-state index in [9.17, 15) is 24.5 Å². The van der Waals surface area contributed by atoms with Crippen LogP contribution < -0.4 is 5.32 Å². The van der Waals surface area contributed by atoms with E-state index in [2.05, 4.69) is 21.1 Å². The molecule has 8 aliphatic rings. The molecule has 0 spiro atoms. The van der Waals surface area contributed by atoms with E-state index < -0.39 is 27.7 Å². The van der Waals surface area contributed by atoms with Gasteiger partial charge in [-0.15, -0.1) is 16.4 Å². The van der Waals surface area contributed by atoms with Gasteiger partial charge in [0.1, 0.15) is 5.03 Å². The van der Waals surface area contributed by atoms with Crippen molar-refractivity contribution in [3.05, 3.63) is 39.6 Å². The fourth-order valence-electron chi connectivity index (χ4n) is 12.7. The number of carbonyl (C=O) groups is 2. The molecule has 0 aliphatic heterocycles. The van der Waals surface area contributed by atoms with Crippen LogP contribution in [0.25, 0.3) is 0 Å². The number of rotatable bonds is 13. The number of nitroso groups, excluding NO2 is 2. The van der Waals surface area contributed by atoms with Crippen LogP contribution in [-0.4, -0.2) is 38.2 Å². The highest BCUT2D eigenvalue weighted by Crippen LogP contribution is 2.77. The van der Waals surface area contributed by atoms with Crippen molar-refractivity contribution < 1.29 is 14.7 Å². The molecule has 248 valence electrons. The summed E-state index contributed by atoms with van der Waals surface area (Å²) in [5.41, 5.74) is -0.971. The van der Waals surface area contributed by atoms with Gasteiger partial charge in [-0.25, -0.2) is 14.8 Å². The monoisotopic (exact) mass is 667 g/mol. The van der Waals surface area contributed by atoms with Crippen LogP contribution in [0.3, 0.4) is 0 Å². The first-order chi connectivity index (χ1) is 22.0. The molecule has 0 atom stereocenters. The second-order valence-electron chi connectivity index (χ2n) is 16.4. The van der Waals surface area contributed by atoms with Gasteiger partial charge in [0, 0.05) is 33.1 Å². The lowest BCUT2D eigenvalue weighted by molar-refractivity contribution is -0.193. The molecule has 9 rings (SSSR count). The van der Waals surface area contributed by atoms with Crippen LogP contribution in [0, 0.1) is 56.2 Å². The maximum Gasteiger partial charge on any atom is 0.356 e. The lowest BCUT2D eigenvalue weighted by atomic mass is 9.32. The summed E-state index contributed by atoms with van der Waals surface area (Å²) in [6.45, 7) is 7.88. The summed E-state index contributed by atoms with van der Waals surface area (Å²) in [5.74, 6) is 1.80. The van der Waals surface area contributed by atoms with E-state index in [1.165, 1.54) is 38.5 Å². The molecule has 8 saturated carbocycles. The highest BCUT2D eigenvalue weighted by atomic mass is 32.2. The zero-order chi connectivity index (χ0) is 32.5. The quantitative estimate of drug-likeness (QED) is 0.121. The van der Waals surface area contributed by atoms with Gasteiger partial charge in [0.15, 0.2) is 11.4 Å². The van der Waals surface area contributed by atoms with E-state index in [-0.39, 0.29) is 28.1 Å². The molecule has 1 heterocycles. The number of hydrogen-bond acceptors (Lipinski definition) is 10. The number of hydrogen-bond donors (Lipinski definition) is 2. The molecular formula is C34H45N5O5S2. The number of carboxylic acids is 1. The van der Waals surface area contributed by atoms with E-state index in [1.807, 2.05) is 6.08 Å². The molecule has 8 aliphatic carbocycles. The number of allylic oxidation sites excluding steroid dienone is 1. The van der Waals surface area contributed by atoms with Crippen molar-refractivity contribution in [2.24, 2.45) is 55.5 Å². The molecule has 1 aromatic heterocycles. The van der Waals surface area contributed by atoms with Crippen LogP contribution in [0.4, 0.5) is 0 Å². The number of nitrogens with zero attached hydrogens (tertiary/aromatic N) is 4.